The van der Waals surface area contributed by atoms with Gasteiger partial charge in [0.2, 0.25) is 0 Å². The Kier molecular flexibility index (Phi) is 5.19. The molecule has 0 aliphatic rings. The van der Waals surface area contributed by atoms with E-state index in [1.54, 1.807) is 0 Å². The van der Waals surface area contributed by atoms with Gasteiger partial charge in [-0.3, -0.25) is 0 Å². The molecule has 0 aromatic carbocycles. The van der Waals surface area contributed by atoms with Crippen LogP contribution in [0.25, 0.3) is 0 Å². The van der Waals surface area contributed by atoms with E-state index in [1.807, 2.05) is 0 Å². The van der Waals surface area contributed by atoms with Crippen molar-refractivity contribution in [2.75, 3.05) is 5.88 Å². The van der Waals surface area contributed by atoms with E-state index in [1.165, 1.54) is 5.57 Å². The molecule has 8 heavy (non-hydrogen) atoms. The normalized spacial score (nSPS) is 12.1. The van der Waals surface area contributed by atoms with Crippen LogP contribution in [0.3, 0.4) is 0 Å². The zero-order valence-corrected chi connectivity index (χ0v) is 6.33. The molecule has 0 unspecified atom stereocenters. The van der Waals surface area contributed by atoms with Gasteiger partial charge < -0.3 is 0 Å². The lowest BCUT2D eigenvalue weighted by Gasteiger charge is -1.93. The van der Waals surface area contributed by atoms with Crippen LogP contribution in [-0.2, 0) is 0 Å². The third kappa shape index (κ3) is 4.20. The third-order valence-corrected chi connectivity index (χ3v) is 1.46. The van der Waals surface area contributed by atoms with E-state index < -0.39 is 0 Å². The zero-order valence-electron chi connectivity index (χ0n) is 5.58. The van der Waals surface area contributed by atoms with E-state index in [9.17, 15) is 0 Å². The summed E-state index contributed by atoms with van der Waals surface area (Å²) in [5.41, 5.74) is 1.44. The fraction of sp³-hybridized carbons (Fsp3) is 0.714. The standard InChI is InChI=1S/C7H13Cl/c1-3-7(2)5-4-6-8/h3H,4-6H2,1-2H3/b7-3+. The Hall–Kier alpha value is 0.0300. The summed E-state index contributed by atoms with van der Waals surface area (Å²) in [5.74, 6) is 0.783. The molecule has 0 saturated carbocycles. The molecule has 0 bridgehead atoms. The summed E-state index contributed by atoms with van der Waals surface area (Å²) < 4.78 is 0. The van der Waals surface area contributed by atoms with Crippen LogP contribution >= 0.6 is 11.6 Å². The molecule has 48 valence electrons. The molecule has 0 fully saturated rings. The maximum atomic E-state index is 5.48. The number of alkyl halides is 1. The Labute approximate surface area is 56.5 Å². The summed E-state index contributed by atoms with van der Waals surface area (Å²) in [4.78, 5) is 0. The van der Waals surface area contributed by atoms with E-state index in [-0.39, 0.29) is 0 Å². The highest BCUT2D eigenvalue weighted by molar-refractivity contribution is 6.17. The quantitative estimate of drug-likeness (QED) is 0.409. The third-order valence-electron chi connectivity index (χ3n) is 1.20. The SMILES string of the molecule is C/C=C(\C)CCCCl. The molecule has 0 spiro atoms. The van der Waals surface area contributed by atoms with Crippen LogP contribution in [0.2, 0.25) is 0 Å². The van der Waals surface area contributed by atoms with Gasteiger partial charge in [0, 0.05) is 5.88 Å². The maximum absolute atomic E-state index is 5.48. The van der Waals surface area contributed by atoms with Crippen LogP contribution < -0.4 is 0 Å². The molecule has 0 atom stereocenters. The summed E-state index contributed by atoms with van der Waals surface area (Å²) in [6.07, 6.45) is 4.39. The Morgan fingerprint density at radius 3 is 2.62 bits per heavy atom. The number of hydrogen-bond acceptors (Lipinski definition) is 0. The lowest BCUT2D eigenvalue weighted by Crippen LogP contribution is -1.77. The Morgan fingerprint density at radius 2 is 2.25 bits per heavy atom. The van der Waals surface area contributed by atoms with Gasteiger partial charge in [-0.25, -0.2) is 0 Å². The highest BCUT2D eigenvalue weighted by Gasteiger charge is 1.84. The van der Waals surface area contributed by atoms with Gasteiger partial charge in [-0.2, -0.15) is 0 Å². The van der Waals surface area contributed by atoms with Crippen molar-refractivity contribution in [2.45, 2.75) is 26.7 Å². The van der Waals surface area contributed by atoms with Gasteiger partial charge >= 0.3 is 0 Å². The van der Waals surface area contributed by atoms with Gasteiger partial charge in [-0.15, -0.1) is 11.6 Å². The van der Waals surface area contributed by atoms with Crippen molar-refractivity contribution in [1.29, 1.82) is 0 Å². The summed E-state index contributed by atoms with van der Waals surface area (Å²) in [5, 5.41) is 0. The molecular weight excluding hydrogens is 120 g/mol. The largest absolute Gasteiger partial charge is 0.127 e. The average molecular weight is 133 g/mol. The van der Waals surface area contributed by atoms with E-state index in [2.05, 4.69) is 19.9 Å². The molecule has 1 heteroatoms. The minimum Gasteiger partial charge on any atom is -0.127 e. The molecule has 0 aromatic rings. The first-order valence-electron chi connectivity index (χ1n) is 2.99. The Balaban J connectivity index is 3.12. The number of allylic oxidation sites excluding steroid dienone is 2. The molecule has 0 aliphatic heterocycles. The first-order valence-corrected chi connectivity index (χ1v) is 3.52. The Morgan fingerprint density at radius 1 is 1.62 bits per heavy atom. The monoisotopic (exact) mass is 132 g/mol. The van der Waals surface area contributed by atoms with Crippen LogP contribution in [0, 0.1) is 0 Å². The van der Waals surface area contributed by atoms with Crippen molar-refractivity contribution in [3.63, 3.8) is 0 Å². The van der Waals surface area contributed by atoms with Crippen molar-refractivity contribution in [3.05, 3.63) is 11.6 Å². The van der Waals surface area contributed by atoms with Crippen LogP contribution in [0.1, 0.15) is 26.7 Å². The van der Waals surface area contributed by atoms with Crippen LogP contribution in [0.4, 0.5) is 0 Å². The van der Waals surface area contributed by atoms with Gasteiger partial charge in [0.15, 0.2) is 0 Å². The first kappa shape index (κ1) is 8.03. The average Bonchev–Trinajstić information content (AvgIpc) is 1.83. The van der Waals surface area contributed by atoms with Gasteiger partial charge in [-0.1, -0.05) is 11.6 Å². The summed E-state index contributed by atoms with van der Waals surface area (Å²) in [7, 11) is 0. The van der Waals surface area contributed by atoms with E-state index in [0.29, 0.717) is 0 Å². The second-order valence-electron chi connectivity index (χ2n) is 1.93. The summed E-state index contributed by atoms with van der Waals surface area (Å²) in [6, 6.07) is 0. The molecule has 0 amide bonds. The highest BCUT2D eigenvalue weighted by atomic mass is 35.5. The van der Waals surface area contributed by atoms with Crippen molar-refractivity contribution in [2.24, 2.45) is 0 Å². The second-order valence-corrected chi connectivity index (χ2v) is 2.31. The predicted octanol–water partition coefficient (Wildman–Crippen LogP) is 2.97. The van der Waals surface area contributed by atoms with Crippen molar-refractivity contribution in [1.82, 2.24) is 0 Å². The molecule has 0 radical (unpaired) electrons. The number of hydrogen-bond donors (Lipinski definition) is 0. The van der Waals surface area contributed by atoms with Gasteiger partial charge in [0.05, 0.1) is 0 Å². The van der Waals surface area contributed by atoms with Crippen molar-refractivity contribution >= 4 is 11.6 Å². The molecule has 0 heterocycles. The fourth-order valence-corrected chi connectivity index (χ4v) is 0.624. The molecular formula is C7H13Cl. The number of rotatable bonds is 3. The van der Waals surface area contributed by atoms with Gasteiger partial charge in [0.25, 0.3) is 0 Å². The molecule has 0 N–H and O–H groups in total. The summed E-state index contributed by atoms with van der Waals surface area (Å²) in [6.45, 7) is 4.19. The topological polar surface area (TPSA) is 0 Å². The molecule has 0 aliphatic carbocycles. The fourth-order valence-electron chi connectivity index (χ4n) is 0.490. The first-order chi connectivity index (χ1) is 3.81. The lowest BCUT2D eigenvalue weighted by molar-refractivity contribution is 0.909. The van der Waals surface area contributed by atoms with Gasteiger partial charge in [0.1, 0.15) is 0 Å². The number of halogens is 1. The van der Waals surface area contributed by atoms with Crippen molar-refractivity contribution in [3.8, 4) is 0 Å². The zero-order chi connectivity index (χ0) is 6.41. The minimum absolute atomic E-state index is 0.783. The van der Waals surface area contributed by atoms with Crippen molar-refractivity contribution < 1.29 is 0 Å². The molecule has 0 rings (SSSR count). The second kappa shape index (κ2) is 5.17. The molecule has 0 aromatic heterocycles. The predicted molar refractivity (Wildman–Crippen MR) is 39.4 cm³/mol. The van der Waals surface area contributed by atoms with E-state index >= 15 is 0 Å². The van der Waals surface area contributed by atoms with Crippen LogP contribution in [0.15, 0.2) is 11.6 Å². The maximum Gasteiger partial charge on any atom is 0.0226 e. The molecule has 0 saturated heterocycles. The van der Waals surface area contributed by atoms with Crippen LogP contribution in [-0.4, -0.2) is 5.88 Å². The van der Waals surface area contributed by atoms with Crippen LogP contribution in [0.5, 0.6) is 0 Å². The molecule has 0 nitrogen and oxygen atoms in total. The lowest BCUT2D eigenvalue weighted by atomic mass is 10.2. The van der Waals surface area contributed by atoms with Gasteiger partial charge in [-0.05, 0) is 26.7 Å². The smallest absolute Gasteiger partial charge is 0.0226 e. The van der Waals surface area contributed by atoms with E-state index in [4.69, 9.17) is 11.6 Å². The Bertz CT molecular complexity index is 74.5. The van der Waals surface area contributed by atoms with E-state index in [0.717, 1.165) is 18.7 Å². The highest BCUT2D eigenvalue weighted by Crippen LogP contribution is 2.03. The summed E-state index contributed by atoms with van der Waals surface area (Å²) >= 11 is 5.48. The minimum atomic E-state index is 0.783.